The number of rotatable bonds is 9. The molecule has 2 aromatic rings. The van der Waals surface area contributed by atoms with Crippen LogP contribution in [0.15, 0.2) is 48.5 Å². The summed E-state index contributed by atoms with van der Waals surface area (Å²) < 4.78 is 18.8. The number of benzene rings is 2. The van der Waals surface area contributed by atoms with Crippen LogP contribution < -0.4 is 10.1 Å². The van der Waals surface area contributed by atoms with Crippen LogP contribution in [-0.2, 0) is 16.1 Å². The topological polar surface area (TPSA) is 58.6 Å². The van der Waals surface area contributed by atoms with Crippen molar-refractivity contribution in [2.45, 2.75) is 45.8 Å². The summed E-state index contributed by atoms with van der Waals surface area (Å²) >= 11 is 5.85. The van der Waals surface area contributed by atoms with Crippen molar-refractivity contribution in [3.8, 4) is 5.75 Å². The lowest BCUT2D eigenvalue weighted by Crippen LogP contribution is -2.50. The zero-order chi connectivity index (χ0) is 21.4. The highest BCUT2D eigenvalue weighted by Crippen LogP contribution is 2.16. The maximum absolute atomic E-state index is 13.2. The van der Waals surface area contributed by atoms with E-state index in [1.165, 1.54) is 17.0 Å². The van der Waals surface area contributed by atoms with Gasteiger partial charge in [-0.2, -0.15) is 0 Å². The Labute approximate surface area is 175 Å². The Morgan fingerprint density at radius 3 is 2.31 bits per heavy atom. The molecule has 0 spiro atoms. The van der Waals surface area contributed by atoms with E-state index in [-0.39, 0.29) is 36.8 Å². The summed E-state index contributed by atoms with van der Waals surface area (Å²) in [6, 6.07) is 11.8. The van der Waals surface area contributed by atoms with E-state index in [1.807, 2.05) is 13.8 Å². The van der Waals surface area contributed by atoms with E-state index in [9.17, 15) is 14.0 Å². The molecule has 156 valence electrons. The number of halogens is 2. The Kier molecular flexibility index (Phi) is 8.46. The zero-order valence-electron chi connectivity index (χ0n) is 16.8. The first kappa shape index (κ1) is 22.7. The molecule has 0 heterocycles. The Bertz CT molecular complexity index is 812. The molecule has 0 aromatic heterocycles. The van der Waals surface area contributed by atoms with Crippen LogP contribution in [0.1, 0.15) is 32.8 Å². The van der Waals surface area contributed by atoms with Crippen LogP contribution in [0.2, 0.25) is 5.02 Å². The molecule has 1 N–H and O–H groups in total. The zero-order valence-corrected chi connectivity index (χ0v) is 17.6. The summed E-state index contributed by atoms with van der Waals surface area (Å²) in [5.41, 5.74) is 0.717. The van der Waals surface area contributed by atoms with E-state index in [1.54, 1.807) is 43.3 Å². The largest absolute Gasteiger partial charge is 0.484 e. The summed E-state index contributed by atoms with van der Waals surface area (Å²) in [4.78, 5) is 26.9. The van der Waals surface area contributed by atoms with Crippen LogP contribution in [0.25, 0.3) is 0 Å². The van der Waals surface area contributed by atoms with Gasteiger partial charge < -0.3 is 15.0 Å². The highest BCUT2D eigenvalue weighted by atomic mass is 35.5. The Balaban J connectivity index is 2.13. The molecule has 0 aliphatic rings. The number of carbonyl (C=O) groups is 2. The number of nitrogens with one attached hydrogen (secondary N) is 1. The summed E-state index contributed by atoms with van der Waals surface area (Å²) in [5.74, 6) is -0.459. The molecule has 5 nitrogen and oxygen atoms in total. The fraction of sp³-hybridized carbons (Fsp3) is 0.364. The highest BCUT2D eigenvalue weighted by Gasteiger charge is 2.27. The fourth-order valence-corrected chi connectivity index (χ4v) is 2.72. The van der Waals surface area contributed by atoms with Gasteiger partial charge in [0.15, 0.2) is 6.61 Å². The van der Waals surface area contributed by atoms with Crippen molar-refractivity contribution in [3.05, 3.63) is 64.9 Å². The highest BCUT2D eigenvalue weighted by molar-refractivity contribution is 6.30. The molecule has 0 radical (unpaired) electrons. The quantitative estimate of drug-likeness (QED) is 0.661. The average molecular weight is 421 g/mol. The van der Waals surface area contributed by atoms with E-state index >= 15 is 0 Å². The van der Waals surface area contributed by atoms with Crippen molar-refractivity contribution in [3.63, 3.8) is 0 Å². The second kappa shape index (κ2) is 10.8. The lowest BCUT2D eigenvalue weighted by atomic mass is 10.1. The van der Waals surface area contributed by atoms with Crippen LogP contribution in [-0.4, -0.2) is 35.4 Å². The van der Waals surface area contributed by atoms with Crippen LogP contribution in [0, 0.1) is 5.82 Å². The second-order valence-corrected chi connectivity index (χ2v) is 7.32. The summed E-state index contributed by atoms with van der Waals surface area (Å²) in [6.07, 6.45) is 0.782. The molecular formula is C22H26ClFN2O3. The van der Waals surface area contributed by atoms with Gasteiger partial charge in [0.2, 0.25) is 5.91 Å². The number of ether oxygens (including phenoxy) is 1. The lowest BCUT2D eigenvalue weighted by Gasteiger charge is -2.29. The first-order chi connectivity index (χ1) is 13.8. The molecule has 2 rings (SSSR count). The Morgan fingerprint density at radius 1 is 1.10 bits per heavy atom. The molecule has 2 aromatic carbocycles. The average Bonchev–Trinajstić information content (AvgIpc) is 2.72. The number of hydrogen-bond acceptors (Lipinski definition) is 3. The van der Waals surface area contributed by atoms with Gasteiger partial charge in [0.25, 0.3) is 5.91 Å². The van der Waals surface area contributed by atoms with E-state index in [0.29, 0.717) is 10.8 Å². The third-order valence-electron chi connectivity index (χ3n) is 4.61. The maximum atomic E-state index is 13.2. The third kappa shape index (κ3) is 7.06. The van der Waals surface area contributed by atoms with Crippen molar-refractivity contribution >= 4 is 23.4 Å². The summed E-state index contributed by atoms with van der Waals surface area (Å²) in [7, 11) is 0. The smallest absolute Gasteiger partial charge is 0.261 e. The second-order valence-electron chi connectivity index (χ2n) is 6.88. The minimum absolute atomic E-state index is 0.00181. The van der Waals surface area contributed by atoms with Crippen LogP contribution in [0.5, 0.6) is 5.75 Å². The van der Waals surface area contributed by atoms with Gasteiger partial charge in [-0.15, -0.1) is 0 Å². The van der Waals surface area contributed by atoms with Gasteiger partial charge >= 0.3 is 0 Å². The van der Waals surface area contributed by atoms with Crippen molar-refractivity contribution in [1.29, 1.82) is 0 Å². The van der Waals surface area contributed by atoms with E-state index in [4.69, 9.17) is 16.3 Å². The Hall–Kier alpha value is -2.60. The molecular weight excluding hydrogens is 395 g/mol. The van der Waals surface area contributed by atoms with Crippen molar-refractivity contribution in [1.82, 2.24) is 10.2 Å². The molecule has 0 fully saturated rings. The van der Waals surface area contributed by atoms with Crippen molar-refractivity contribution < 1.29 is 18.7 Å². The lowest BCUT2D eigenvalue weighted by molar-refractivity contribution is -0.142. The maximum Gasteiger partial charge on any atom is 0.261 e. The normalized spacial score (nSPS) is 12.7. The molecule has 2 atom stereocenters. The molecule has 29 heavy (non-hydrogen) atoms. The summed E-state index contributed by atoms with van der Waals surface area (Å²) in [5, 5.41) is 3.46. The Morgan fingerprint density at radius 2 is 1.72 bits per heavy atom. The van der Waals surface area contributed by atoms with Gasteiger partial charge in [0.05, 0.1) is 0 Å². The molecule has 0 saturated carbocycles. The predicted molar refractivity (Wildman–Crippen MR) is 111 cm³/mol. The molecule has 0 aliphatic carbocycles. The van der Waals surface area contributed by atoms with Crippen LogP contribution >= 0.6 is 11.6 Å². The number of carbonyl (C=O) groups excluding carboxylic acids is 2. The molecule has 7 heteroatoms. The third-order valence-corrected chi connectivity index (χ3v) is 4.86. The molecule has 0 aliphatic heterocycles. The SMILES string of the molecule is CCC(C)NC(=O)C(C)N(Cc1ccc(F)cc1)C(=O)COc1ccc(Cl)cc1. The van der Waals surface area contributed by atoms with Gasteiger partial charge in [-0.1, -0.05) is 30.7 Å². The first-order valence-electron chi connectivity index (χ1n) is 9.52. The van der Waals surface area contributed by atoms with Crippen molar-refractivity contribution in [2.24, 2.45) is 0 Å². The van der Waals surface area contributed by atoms with E-state index < -0.39 is 6.04 Å². The van der Waals surface area contributed by atoms with Gasteiger partial charge in [0.1, 0.15) is 17.6 Å². The molecule has 2 unspecified atom stereocenters. The minimum atomic E-state index is -0.713. The number of amides is 2. The van der Waals surface area contributed by atoms with E-state index in [0.717, 1.165) is 12.0 Å². The van der Waals surface area contributed by atoms with Gasteiger partial charge in [-0.25, -0.2) is 4.39 Å². The van der Waals surface area contributed by atoms with Crippen LogP contribution in [0.3, 0.4) is 0 Å². The standard InChI is InChI=1S/C22H26ClFN2O3/c1-4-15(2)25-22(28)16(3)26(13-17-5-9-19(24)10-6-17)21(27)14-29-20-11-7-18(23)8-12-20/h5-12,15-16H,4,13-14H2,1-3H3,(H,25,28). The van der Waals surface area contributed by atoms with Crippen molar-refractivity contribution in [2.75, 3.05) is 6.61 Å². The first-order valence-corrected chi connectivity index (χ1v) is 9.90. The van der Waals surface area contributed by atoms with Crippen LogP contribution in [0.4, 0.5) is 4.39 Å². The number of nitrogens with zero attached hydrogens (tertiary/aromatic N) is 1. The van der Waals surface area contributed by atoms with Gasteiger partial charge in [-0.3, -0.25) is 9.59 Å². The summed E-state index contributed by atoms with van der Waals surface area (Å²) in [6.45, 7) is 5.47. The molecule has 2 amide bonds. The predicted octanol–water partition coefficient (Wildman–Crippen LogP) is 4.19. The number of hydrogen-bond donors (Lipinski definition) is 1. The molecule has 0 bridgehead atoms. The monoisotopic (exact) mass is 420 g/mol. The minimum Gasteiger partial charge on any atom is -0.484 e. The van der Waals surface area contributed by atoms with E-state index in [2.05, 4.69) is 5.32 Å². The molecule has 0 saturated heterocycles. The van der Waals surface area contributed by atoms with Gasteiger partial charge in [0, 0.05) is 17.6 Å². The van der Waals surface area contributed by atoms with Gasteiger partial charge in [-0.05, 0) is 62.2 Å². The fourth-order valence-electron chi connectivity index (χ4n) is 2.59.